The van der Waals surface area contributed by atoms with Crippen LogP contribution in [-0.2, 0) is 6.61 Å². The molecule has 0 saturated carbocycles. The molecule has 0 radical (unpaired) electrons. The summed E-state index contributed by atoms with van der Waals surface area (Å²) in [7, 11) is 0. The van der Waals surface area contributed by atoms with Crippen LogP contribution in [0, 0.1) is 0 Å². The summed E-state index contributed by atoms with van der Waals surface area (Å²) in [6.07, 6.45) is 1.69. The molecule has 0 fully saturated rings. The van der Waals surface area contributed by atoms with E-state index in [9.17, 15) is 0 Å². The Bertz CT molecular complexity index is 803. The van der Waals surface area contributed by atoms with Crippen LogP contribution < -0.4 is 4.74 Å². The quantitative estimate of drug-likeness (QED) is 0.567. The predicted molar refractivity (Wildman–Crippen MR) is 92.5 cm³/mol. The highest BCUT2D eigenvalue weighted by atomic mass is 35.5. The molecule has 0 N–H and O–H groups in total. The summed E-state index contributed by atoms with van der Waals surface area (Å²) in [6.45, 7) is 0.246. The van der Waals surface area contributed by atoms with E-state index >= 15 is 0 Å². The van der Waals surface area contributed by atoms with Crippen LogP contribution in [0.2, 0.25) is 5.02 Å². The average Bonchev–Trinajstić information content (AvgIpc) is 2.93. The van der Waals surface area contributed by atoms with E-state index in [4.69, 9.17) is 16.3 Å². The van der Waals surface area contributed by atoms with E-state index in [1.165, 1.54) is 4.68 Å². The third-order valence-corrected chi connectivity index (χ3v) is 3.52. The van der Waals surface area contributed by atoms with E-state index in [0.717, 1.165) is 11.3 Å². The number of benzene rings is 2. The van der Waals surface area contributed by atoms with Crippen molar-refractivity contribution in [2.75, 3.05) is 0 Å². The molecule has 0 aliphatic heterocycles. The molecule has 0 amide bonds. The lowest BCUT2D eigenvalue weighted by Crippen LogP contribution is -2.04. The number of halogens is 1. The van der Waals surface area contributed by atoms with Gasteiger partial charge in [-0.25, -0.2) is 0 Å². The van der Waals surface area contributed by atoms with E-state index in [1.54, 1.807) is 18.3 Å². The van der Waals surface area contributed by atoms with Crippen molar-refractivity contribution in [2.45, 2.75) is 11.8 Å². The maximum absolute atomic E-state index is 5.86. The van der Waals surface area contributed by atoms with Gasteiger partial charge in [-0.3, -0.25) is 0 Å². The van der Waals surface area contributed by atoms with Crippen LogP contribution in [0.25, 0.3) is 0 Å². The minimum absolute atomic E-state index is 0.246. The molecule has 23 heavy (non-hydrogen) atoms. The van der Waals surface area contributed by atoms with Crippen molar-refractivity contribution in [2.24, 2.45) is 5.10 Å². The molecular weight excluding hydrogens is 332 g/mol. The van der Waals surface area contributed by atoms with Gasteiger partial charge in [0.25, 0.3) is 0 Å². The molecule has 0 bridgehead atoms. The van der Waals surface area contributed by atoms with Crippen molar-refractivity contribution in [1.82, 2.24) is 14.9 Å². The minimum atomic E-state index is 0.246. The lowest BCUT2D eigenvalue weighted by Gasteiger charge is -2.05. The van der Waals surface area contributed by atoms with Crippen molar-refractivity contribution in [3.05, 3.63) is 71.0 Å². The Hall–Kier alpha value is -2.31. The van der Waals surface area contributed by atoms with Crippen LogP contribution in [0.5, 0.6) is 5.75 Å². The summed E-state index contributed by atoms with van der Waals surface area (Å²) in [5.74, 6) is 1.31. The Morgan fingerprint density at radius 2 is 1.83 bits per heavy atom. The Kier molecular flexibility index (Phi) is 4.95. The zero-order valence-corrected chi connectivity index (χ0v) is 13.7. The second kappa shape index (κ2) is 7.30. The van der Waals surface area contributed by atoms with Crippen LogP contribution in [-0.4, -0.2) is 21.1 Å². The first-order chi connectivity index (χ1) is 11.2. The molecule has 5 nitrogen and oxygen atoms in total. The molecule has 0 spiro atoms. The molecule has 0 aliphatic carbocycles. The largest absolute Gasteiger partial charge is 0.486 e. The zero-order chi connectivity index (χ0) is 16.1. The number of aromatic nitrogens is 3. The molecular formula is C16H13ClN4OS. The number of rotatable bonds is 5. The molecule has 3 rings (SSSR count). The smallest absolute Gasteiger partial charge is 0.209 e. The van der Waals surface area contributed by atoms with Crippen molar-refractivity contribution in [3.8, 4) is 5.75 Å². The maximum Gasteiger partial charge on any atom is 0.209 e. The van der Waals surface area contributed by atoms with Gasteiger partial charge in [-0.15, -0.1) is 22.8 Å². The van der Waals surface area contributed by atoms with Gasteiger partial charge in [-0.05, 0) is 29.8 Å². The van der Waals surface area contributed by atoms with Crippen molar-refractivity contribution >= 4 is 30.4 Å². The van der Waals surface area contributed by atoms with Crippen molar-refractivity contribution in [3.63, 3.8) is 0 Å². The second-order valence-corrected chi connectivity index (χ2v) is 5.46. The number of para-hydroxylation sites is 1. The van der Waals surface area contributed by atoms with Gasteiger partial charge in [-0.1, -0.05) is 41.9 Å². The predicted octanol–water partition coefficient (Wildman–Crippen LogP) is 3.68. The maximum atomic E-state index is 5.86. The molecule has 1 aromatic heterocycles. The van der Waals surface area contributed by atoms with E-state index < -0.39 is 0 Å². The molecule has 0 aliphatic rings. The number of ether oxygens (including phenoxy) is 1. The first-order valence-electron chi connectivity index (χ1n) is 6.83. The van der Waals surface area contributed by atoms with Gasteiger partial charge in [0.2, 0.25) is 5.16 Å². The fourth-order valence-electron chi connectivity index (χ4n) is 1.85. The summed E-state index contributed by atoms with van der Waals surface area (Å²) < 4.78 is 7.19. The summed E-state index contributed by atoms with van der Waals surface area (Å²) in [5, 5.41) is 13.4. The van der Waals surface area contributed by atoms with Gasteiger partial charge in [-0.2, -0.15) is 9.78 Å². The van der Waals surface area contributed by atoms with E-state index in [2.05, 4.69) is 27.9 Å². The molecule has 2 aromatic carbocycles. The number of hydrogen-bond donors (Lipinski definition) is 1. The van der Waals surface area contributed by atoms with E-state index in [1.807, 2.05) is 42.5 Å². The van der Waals surface area contributed by atoms with Crippen molar-refractivity contribution in [1.29, 1.82) is 0 Å². The molecule has 116 valence electrons. The number of thiol groups is 1. The van der Waals surface area contributed by atoms with E-state index in [-0.39, 0.29) is 6.61 Å². The second-order valence-electron chi connectivity index (χ2n) is 4.63. The molecule has 1 heterocycles. The average molecular weight is 345 g/mol. The lowest BCUT2D eigenvalue weighted by molar-refractivity contribution is 0.290. The summed E-state index contributed by atoms with van der Waals surface area (Å²) >= 11 is 10.1. The SMILES string of the molecule is Sc1nnc(COc2ccccc2)n1/N=C/c1ccc(Cl)cc1. The number of nitrogens with zero attached hydrogens (tertiary/aromatic N) is 4. The van der Waals surface area contributed by atoms with Crippen LogP contribution in [0.3, 0.4) is 0 Å². The molecule has 0 atom stereocenters. The van der Waals surface area contributed by atoms with Gasteiger partial charge < -0.3 is 4.74 Å². The fourth-order valence-corrected chi connectivity index (χ4v) is 2.19. The standard InChI is InChI=1S/C16H13ClN4OS/c17-13-8-6-12(7-9-13)10-18-21-15(19-20-16(21)23)11-22-14-4-2-1-3-5-14/h1-10H,11H2,(H,20,23)/b18-10+. The van der Waals surface area contributed by atoms with Crippen LogP contribution >= 0.6 is 24.2 Å². The third-order valence-electron chi connectivity index (χ3n) is 2.99. The van der Waals surface area contributed by atoms with Gasteiger partial charge in [0.1, 0.15) is 12.4 Å². The van der Waals surface area contributed by atoms with E-state index in [0.29, 0.717) is 16.0 Å². The van der Waals surface area contributed by atoms with Crippen LogP contribution in [0.4, 0.5) is 0 Å². The molecule has 0 saturated heterocycles. The van der Waals surface area contributed by atoms with Gasteiger partial charge in [0.05, 0.1) is 6.21 Å². The minimum Gasteiger partial charge on any atom is -0.486 e. The van der Waals surface area contributed by atoms with Gasteiger partial charge in [0.15, 0.2) is 5.82 Å². The normalized spacial score (nSPS) is 11.0. The van der Waals surface area contributed by atoms with Crippen LogP contribution in [0.15, 0.2) is 64.9 Å². The highest BCUT2D eigenvalue weighted by molar-refractivity contribution is 7.80. The Balaban J connectivity index is 1.74. The number of hydrogen-bond acceptors (Lipinski definition) is 5. The van der Waals surface area contributed by atoms with Crippen LogP contribution in [0.1, 0.15) is 11.4 Å². The summed E-state index contributed by atoms with van der Waals surface area (Å²) in [6, 6.07) is 16.8. The van der Waals surface area contributed by atoms with Gasteiger partial charge >= 0.3 is 0 Å². The monoisotopic (exact) mass is 344 g/mol. The molecule has 3 aromatic rings. The molecule has 0 unspecified atom stereocenters. The highest BCUT2D eigenvalue weighted by Gasteiger charge is 2.09. The topological polar surface area (TPSA) is 52.3 Å². The summed E-state index contributed by atoms with van der Waals surface area (Å²) in [4.78, 5) is 0. The first-order valence-corrected chi connectivity index (χ1v) is 7.66. The van der Waals surface area contributed by atoms with Gasteiger partial charge in [0, 0.05) is 5.02 Å². The Labute approximate surface area is 144 Å². The third kappa shape index (κ3) is 4.12. The first kappa shape index (κ1) is 15.6. The Morgan fingerprint density at radius 1 is 1.09 bits per heavy atom. The highest BCUT2D eigenvalue weighted by Crippen LogP contribution is 2.13. The molecule has 7 heteroatoms. The fraction of sp³-hybridized carbons (Fsp3) is 0.0625. The van der Waals surface area contributed by atoms with Crippen molar-refractivity contribution < 1.29 is 4.74 Å². The summed E-state index contributed by atoms with van der Waals surface area (Å²) in [5.41, 5.74) is 0.908. The Morgan fingerprint density at radius 3 is 2.57 bits per heavy atom. The zero-order valence-electron chi connectivity index (χ0n) is 12.0. The lowest BCUT2D eigenvalue weighted by atomic mass is 10.2.